The minimum atomic E-state index is -0.995. The average molecular weight is 424 g/mol. The van der Waals surface area contributed by atoms with E-state index in [1.54, 1.807) is 11.6 Å². The van der Waals surface area contributed by atoms with E-state index in [-0.39, 0.29) is 12.1 Å². The van der Waals surface area contributed by atoms with Crippen LogP contribution in [0.2, 0.25) is 0 Å². The fourth-order valence-corrected chi connectivity index (χ4v) is 4.06. The monoisotopic (exact) mass is 424 g/mol. The van der Waals surface area contributed by atoms with E-state index in [0.717, 1.165) is 34.2 Å². The molecule has 1 aromatic carbocycles. The Balaban J connectivity index is 1.56. The van der Waals surface area contributed by atoms with Gasteiger partial charge in [-0.25, -0.2) is 13.6 Å². The first-order chi connectivity index (χ1) is 15.0. The second-order valence-electron chi connectivity index (χ2n) is 8.06. The number of anilines is 1. The molecule has 0 saturated carbocycles. The minimum Gasteiger partial charge on any atom is -0.479 e. The van der Waals surface area contributed by atoms with Gasteiger partial charge in [0.05, 0.1) is 18.7 Å². The number of nitrogens with one attached hydrogen (secondary N) is 2. The first kappa shape index (κ1) is 19.7. The Kier molecular flexibility index (Phi) is 4.93. The molecule has 10 heteroatoms. The van der Waals surface area contributed by atoms with Gasteiger partial charge in [0.1, 0.15) is 17.2 Å². The van der Waals surface area contributed by atoms with Crippen molar-refractivity contribution >= 4 is 22.5 Å². The number of piperidine rings is 1. The molecule has 0 unspecified atom stereocenters. The van der Waals surface area contributed by atoms with E-state index < -0.39 is 6.17 Å². The molecule has 2 atom stereocenters. The van der Waals surface area contributed by atoms with E-state index in [9.17, 15) is 4.39 Å². The lowest BCUT2D eigenvalue weighted by Gasteiger charge is -2.27. The Morgan fingerprint density at radius 3 is 2.94 bits per heavy atom. The van der Waals surface area contributed by atoms with Gasteiger partial charge in [0.25, 0.3) is 0 Å². The van der Waals surface area contributed by atoms with Crippen molar-refractivity contribution in [3.63, 3.8) is 0 Å². The summed E-state index contributed by atoms with van der Waals surface area (Å²) in [6.07, 6.45) is 1.53. The molecule has 1 saturated heterocycles. The van der Waals surface area contributed by atoms with Crippen LogP contribution < -0.4 is 15.4 Å². The molecular weight excluding hydrogens is 399 g/mol. The van der Waals surface area contributed by atoms with Crippen molar-refractivity contribution in [2.24, 2.45) is 0 Å². The lowest BCUT2D eigenvalue weighted by atomic mass is 10.1. The topological polar surface area (TPSA) is 94.2 Å². The van der Waals surface area contributed by atoms with Gasteiger partial charge in [0, 0.05) is 24.3 Å². The SMILES string of the molecule is COc1nc(N[C@H]2CCNC[C@H]2F)nn2ccc(-c3ccc4nnn(C(C)C)c4c3)c12. The lowest BCUT2D eigenvalue weighted by Crippen LogP contribution is -2.45. The number of hydrogen-bond donors (Lipinski definition) is 2. The van der Waals surface area contributed by atoms with Crippen LogP contribution in [0.15, 0.2) is 30.5 Å². The molecule has 0 aliphatic carbocycles. The molecule has 4 aromatic rings. The molecule has 0 bridgehead atoms. The van der Waals surface area contributed by atoms with E-state index in [4.69, 9.17) is 4.74 Å². The van der Waals surface area contributed by atoms with Crippen molar-refractivity contribution in [3.8, 4) is 17.0 Å². The summed E-state index contributed by atoms with van der Waals surface area (Å²) in [5.74, 6) is 0.774. The van der Waals surface area contributed by atoms with Crippen molar-refractivity contribution < 1.29 is 9.13 Å². The Hall–Kier alpha value is -3.27. The number of aromatic nitrogens is 6. The molecule has 1 aliphatic rings. The van der Waals surface area contributed by atoms with Gasteiger partial charge in [-0.15, -0.1) is 10.2 Å². The van der Waals surface area contributed by atoms with Crippen molar-refractivity contribution in [2.45, 2.75) is 38.5 Å². The molecule has 31 heavy (non-hydrogen) atoms. The number of benzene rings is 1. The Morgan fingerprint density at radius 2 is 2.16 bits per heavy atom. The van der Waals surface area contributed by atoms with Gasteiger partial charge in [-0.05, 0) is 50.6 Å². The van der Waals surface area contributed by atoms with Crippen molar-refractivity contribution in [1.29, 1.82) is 0 Å². The predicted octanol–water partition coefficient (Wildman–Crippen LogP) is 2.84. The highest BCUT2D eigenvalue weighted by atomic mass is 19.1. The maximum Gasteiger partial charge on any atom is 0.244 e. The smallest absolute Gasteiger partial charge is 0.244 e. The van der Waals surface area contributed by atoms with Crippen LogP contribution in [-0.4, -0.2) is 62.0 Å². The Morgan fingerprint density at radius 1 is 1.29 bits per heavy atom. The van der Waals surface area contributed by atoms with Gasteiger partial charge in [0.2, 0.25) is 11.8 Å². The number of rotatable bonds is 5. The summed E-state index contributed by atoms with van der Waals surface area (Å²) in [6, 6.07) is 7.88. The van der Waals surface area contributed by atoms with Crippen molar-refractivity contribution in [3.05, 3.63) is 30.5 Å². The van der Waals surface area contributed by atoms with Crippen LogP contribution in [0.1, 0.15) is 26.3 Å². The van der Waals surface area contributed by atoms with Crippen LogP contribution in [0.5, 0.6) is 5.88 Å². The van der Waals surface area contributed by atoms with Gasteiger partial charge in [-0.3, -0.25) is 0 Å². The quantitative estimate of drug-likeness (QED) is 0.509. The summed E-state index contributed by atoms with van der Waals surface area (Å²) in [6.45, 7) is 5.24. The van der Waals surface area contributed by atoms with Gasteiger partial charge >= 0.3 is 0 Å². The molecule has 4 heterocycles. The molecule has 2 N–H and O–H groups in total. The van der Waals surface area contributed by atoms with Crippen molar-refractivity contribution in [2.75, 3.05) is 25.5 Å². The summed E-state index contributed by atoms with van der Waals surface area (Å²) < 4.78 is 23.4. The minimum absolute atomic E-state index is 0.201. The molecule has 0 radical (unpaired) electrons. The highest BCUT2D eigenvalue weighted by Gasteiger charge is 2.26. The normalized spacial score (nSPS) is 19.4. The number of hydrogen-bond acceptors (Lipinski definition) is 7. The van der Waals surface area contributed by atoms with Gasteiger partial charge in [-0.2, -0.15) is 4.98 Å². The van der Waals surface area contributed by atoms with E-state index in [1.807, 2.05) is 29.1 Å². The number of fused-ring (bicyclic) bond motifs is 2. The Bertz CT molecular complexity index is 1230. The summed E-state index contributed by atoms with van der Waals surface area (Å²) in [5.41, 5.74) is 4.48. The second kappa shape index (κ2) is 7.77. The first-order valence-corrected chi connectivity index (χ1v) is 10.4. The van der Waals surface area contributed by atoms with Crippen LogP contribution >= 0.6 is 0 Å². The first-order valence-electron chi connectivity index (χ1n) is 10.4. The van der Waals surface area contributed by atoms with E-state index >= 15 is 0 Å². The zero-order chi connectivity index (χ0) is 21.5. The highest BCUT2D eigenvalue weighted by Crippen LogP contribution is 2.33. The Labute approximate surface area is 178 Å². The van der Waals surface area contributed by atoms with Gasteiger partial charge in [0.15, 0.2) is 0 Å². The fraction of sp³-hybridized carbons (Fsp3) is 0.429. The molecule has 9 nitrogen and oxygen atoms in total. The maximum atomic E-state index is 14.2. The predicted molar refractivity (Wildman–Crippen MR) is 116 cm³/mol. The molecule has 162 valence electrons. The fourth-order valence-electron chi connectivity index (χ4n) is 4.06. The highest BCUT2D eigenvalue weighted by molar-refractivity contribution is 5.89. The number of methoxy groups -OCH3 is 1. The molecule has 5 rings (SSSR count). The summed E-state index contributed by atoms with van der Waals surface area (Å²) >= 11 is 0. The molecule has 1 aliphatic heterocycles. The van der Waals surface area contributed by atoms with Crippen LogP contribution in [-0.2, 0) is 0 Å². The number of ether oxygens (including phenoxy) is 1. The molecule has 0 spiro atoms. The van der Waals surface area contributed by atoms with E-state index in [2.05, 4.69) is 50.9 Å². The number of nitrogens with zero attached hydrogens (tertiary/aromatic N) is 6. The third kappa shape index (κ3) is 3.46. The third-order valence-electron chi connectivity index (χ3n) is 5.67. The van der Waals surface area contributed by atoms with Crippen LogP contribution in [0, 0.1) is 0 Å². The van der Waals surface area contributed by atoms with Crippen LogP contribution in [0.25, 0.3) is 27.7 Å². The van der Waals surface area contributed by atoms with Crippen LogP contribution in [0.4, 0.5) is 10.3 Å². The standard InChI is InChI=1S/C21H25FN8O/c1-12(2)30-18-10-13(4-5-17(18)26-28-30)14-7-9-29-19(14)20(31-3)25-21(27-29)24-16-6-8-23-11-15(16)22/h4-5,7,9-10,12,15-16,23H,6,8,11H2,1-3H3,(H,24,27)/t15-,16+/m1/s1. The third-order valence-corrected chi connectivity index (χ3v) is 5.67. The maximum absolute atomic E-state index is 14.2. The largest absolute Gasteiger partial charge is 0.479 e. The summed E-state index contributed by atoms with van der Waals surface area (Å²) in [5, 5.41) is 19.2. The summed E-state index contributed by atoms with van der Waals surface area (Å²) in [4.78, 5) is 4.52. The van der Waals surface area contributed by atoms with Gasteiger partial charge in [-0.1, -0.05) is 11.3 Å². The number of alkyl halides is 1. The zero-order valence-electron chi connectivity index (χ0n) is 17.7. The zero-order valence-corrected chi connectivity index (χ0v) is 17.7. The van der Waals surface area contributed by atoms with Gasteiger partial charge < -0.3 is 15.4 Å². The van der Waals surface area contributed by atoms with E-state index in [1.165, 1.54) is 0 Å². The molecular formula is C21H25FN8O. The van der Waals surface area contributed by atoms with E-state index in [0.29, 0.717) is 24.8 Å². The lowest BCUT2D eigenvalue weighted by molar-refractivity contribution is 0.244. The number of halogens is 1. The van der Waals surface area contributed by atoms with Crippen molar-refractivity contribution in [1.82, 2.24) is 34.9 Å². The molecule has 0 amide bonds. The average Bonchev–Trinajstić information content (AvgIpc) is 3.38. The summed E-state index contributed by atoms with van der Waals surface area (Å²) in [7, 11) is 1.58. The molecule has 1 fully saturated rings. The van der Waals surface area contributed by atoms with Crippen LogP contribution in [0.3, 0.4) is 0 Å². The molecule has 3 aromatic heterocycles. The second-order valence-corrected chi connectivity index (χ2v) is 8.06.